The lowest BCUT2D eigenvalue weighted by atomic mass is 9.86. The van der Waals surface area contributed by atoms with Gasteiger partial charge in [0.1, 0.15) is 0 Å². The summed E-state index contributed by atoms with van der Waals surface area (Å²) in [6.07, 6.45) is 3.66. The molecule has 1 aromatic rings. The average Bonchev–Trinajstić information content (AvgIpc) is 2.47. The first-order valence-corrected chi connectivity index (χ1v) is 8.17. The van der Waals surface area contributed by atoms with E-state index in [0.717, 1.165) is 13.1 Å². The van der Waals surface area contributed by atoms with Crippen molar-refractivity contribution in [1.82, 2.24) is 10.2 Å². The lowest BCUT2D eigenvalue weighted by Crippen LogP contribution is -2.63. The van der Waals surface area contributed by atoms with Crippen molar-refractivity contribution < 1.29 is 0 Å². The smallest absolute Gasteiger partial charge is 0.0333 e. The Kier molecular flexibility index (Phi) is 5.22. The average molecular weight is 274 g/mol. The monoisotopic (exact) mass is 274 g/mol. The quantitative estimate of drug-likeness (QED) is 0.880. The second-order valence-electron chi connectivity index (χ2n) is 6.29. The van der Waals surface area contributed by atoms with E-state index in [0.29, 0.717) is 11.6 Å². The van der Waals surface area contributed by atoms with Crippen molar-refractivity contribution in [1.29, 1.82) is 0 Å². The fourth-order valence-corrected chi connectivity index (χ4v) is 3.45. The molecule has 2 nitrogen and oxygen atoms in total. The van der Waals surface area contributed by atoms with Crippen LogP contribution in [-0.2, 0) is 6.54 Å². The number of rotatable bonds is 5. The highest BCUT2D eigenvalue weighted by atomic mass is 15.3. The molecule has 0 saturated carbocycles. The molecule has 1 fully saturated rings. The van der Waals surface area contributed by atoms with E-state index in [2.05, 4.69) is 62.2 Å². The summed E-state index contributed by atoms with van der Waals surface area (Å²) in [5.41, 5.74) is 3.14. The topological polar surface area (TPSA) is 15.3 Å². The Morgan fingerprint density at radius 1 is 1.25 bits per heavy atom. The van der Waals surface area contributed by atoms with Gasteiger partial charge in [-0.2, -0.15) is 0 Å². The van der Waals surface area contributed by atoms with Gasteiger partial charge in [-0.15, -0.1) is 0 Å². The van der Waals surface area contributed by atoms with Gasteiger partial charge in [0, 0.05) is 31.2 Å². The molecule has 0 amide bonds. The van der Waals surface area contributed by atoms with Crippen LogP contribution in [0, 0.1) is 6.92 Å². The van der Waals surface area contributed by atoms with Crippen LogP contribution in [0.25, 0.3) is 0 Å². The third kappa shape index (κ3) is 3.24. The van der Waals surface area contributed by atoms with Crippen LogP contribution >= 0.6 is 0 Å². The third-order valence-corrected chi connectivity index (χ3v) is 5.10. The highest BCUT2D eigenvalue weighted by molar-refractivity contribution is 5.22. The van der Waals surface area contributed by atoms with Gasteiger partial charge >= 0.3 is 0 Å². The van der Waals surface area contributed by atoms with E-state index in [9.17, 15) is 0 Å². The Morgan fingerprint density at radius 3 is 2.60 bits per heavy atom. The number of hydrogen-bond donors (Lipinski definition) is 1. The van der Waals surface area contributed by atoms with E-state index in [1.165, 1.54) is 36.9 Å². The van der Waals surface area contributed by atoms with Gasteiger partial charge in [-0.1, -0.05) is 50.6 Å². The zero-order valence-electron chi connectivity index (χ0n) is 13.6. The molecule has 0 spiro atoms. The first kappa shape index (κ1) is 15.5. The van der Waals surface area contributed by atoms with Gasteiger partial charge in [0.25, 0.3) is 0 Å². The lowest BCUT2D eigenvalue weighted by Gasteiger charge is -2.49. The van der Waals surface area contributed by atoms with Crippen LogP contribution in [0.5, 0.6) is 0 Å². The summed E-state index contributed by atoms with van der Waals surface area (Å²) in [6.45, 7) is 12.5. The first-order valence-electron chi connectivity index (χ1n) is 8.17. The molecule has 1 aliphatic rings. The maximum absolute atomic E-state index is 3.75. The predicted molar refractivity (Wildman–Crippen MR) is 87.0 cm³/mol. The predicted octanol–water partition coefficient (Wildman–Crippen LogP) is 3.74. The molecule has 1 heterocycles. The molecular weight excluding hydrogens is 244 g/mol. The Morgan fingerprint density at radius 2 is 2.00 bits per heavy atom. The molecule has 20 heavy (non-hydrogen) atoms. The minimum atomic E-state index is 0.329. The van der Waals surface area contributed by atoms with Crippen LogP contribution in [0.15, 0.2) is 24.3 Å². The Balaban J connectivity index is 2.18. The highest BCUT2D eigenvalue weighted by Crippen LogP contribution is 2.29. The molecule has 2 heteroatoms. The lowest BCUT2D eigenvalue weighted by molar-refractivity contribution is 0.0238. The van der Waals surface area contributed by atoms with Gasteiger partial charge < -0.3 is 5.32 Å². The van der Waals surface area contributed by atoms with E-state index in [4.69, 9.17) is 0 Å². The molecule has 1 aliphatic heterocycles. The zero-order valence-corrected chi connectivity index (χ0v) is 13.6. The summed E-state index contributed by atoms with van der Waals surface area (Å²) in [6, 6.07) is 9.61. The van der Waals surface area contributed by atoms with Crippen molar-refractivity contribution in [2.24, 2.45) is 0 Å². The largest absolute Gasteiger partial charge is 0.311 e. The van der Waals surface area contributed by atoms with Gasteiger partial charge in [0.05, 0.1) is 0 Å². The molecule has 112 valence electrons. The second-order valence-corrected chi connectivity index (χ2v) is 6.29. The summed E-state index contributed by atoms with van der Waals surface area (Å²) >= 11 is 0. The van der Waals surface area contributed by atoms with Gasteiger partial charge in [-0.25, -0.2) is 0 Å². The van der Waals surface area contributed by atoms with Gasteiger partial charge in [-0.3, -0.25) is 4.90 Å². The van der Waals surface area contributed by atoms with Crippen molar-refractivity contribution >= 4 is 0 Å². The Bertz CT molecular complexity index is 423. The Labute approximate surface area is 124 Å². The minimum Gasteiger partial charge on any atom is -0.311 e. The fraction of sp³-hybridized carbons (Fsp3) is 0.667. The number of benzene rings is 1. The number of nitrogens with one attached hydrogen (secondary N) is 1. The molecule has 2 rings (SSSR count). The minimum absolute atomic E-state index is 0.329. The number of piperazine rings is 1. The molecule has 0 aliphatic carbocycles. The van der Waals surface area contributed by atoms with Crippen LogP contribution in [0.2, 0.25) is 0 Å². The summed E-state index contributed by atoms with van der Waals surface area (Å²) in [5, 5.41) is 3.75. The number of hydrogen-bond acceptors (Lipinski definition) is 2. The number of nitrogens with zero attached hydrogens (tertiary/aromatic N) is 1. The Hall–Kier alpha value is -0.860. The maximum atomic E-state index is 3.75. The van der Waals surface area contributed by atoms with E-state index in [-0.39, 0.29) is 0 Å². The van der Waals surface area contributed by atoms with Crippen LogP contribution in [0.4, 0.5) is 0 Å². The molecule has 0 bridgehead atoms. The van der Waals surface area contributed by atoms with Crippen LogP contribution < -0.4 is 5.32 Å². The van der Waals surface area contributed by atoms with E-state index in [1.54, 1.807) is 0 Å². The summed E-state index contributed by atoms with van der Waals surface area (Å²) in [5.74, 6) is 0. The molecule has 1 unspecified atom stereocenters. The third-order valence-electron chi connectivity index (χ3n) is 5.10. The maximum Gasteiger partial charge on any atom is 0.0333 e. The number of aryl methyl sites for hydroxylation is 1. The van der Waals surface area contributed by atoms with Gasteiger partial charge in [-0.05, 0) is 31.7 Å². The van der Waals surface area contributed by atoms with Crippen LogP contribution in [0.1, 0.15) is 51.2 Å². The summed E-state index contributed by atoms with van der Waals surface area (Å²) in [7, 11) is 0. The first-order chi connectivity index (χ1) is 9.63. The van der Waals surface area contributed by atoms with Gasteiger partial charge in [0.15, 0.2) is 0 Å². The molecule has 1 atom stereocenters. The molecule has 1 N–H and O–H groups in total. The molecule has 1 aromatic carbocycles. The molecule has 1 saturated heterocycles. The van der Waals surface area contributed by atoms with Crippen molar-refractivity contribution in [3.8, 4) is 0 Å². The standard InChI is InChI=1S/C18H30N2/c1-5-17-13-20(18(6-2,7-3)14-19-17)12-16-10-8-9-15(4)11-16/h8-11,17,19H,5-7,12-14H2,1-4H3. The van der Waals surface area contributed by atoms with Crippen molar-refractivity contribution in [3.63, 3.8) is 0 Å². The molecule has 0 radical (unpaired) electrons. The highest BCUT2D eigenvalue weighted by Gasteiger charge is 2.38. The second kappa shape index (κ2) is 6.73. The van der Waals surface area contributed by atoms with E-state index < -0.39 is 0 Å². The zero-order chi connectivity index (χ0) is 14.6. The molecule has 0 aromatic heterocycles. The normalized spacial score (nSPS) is 22.9. The summed E-state index contributed by atoms with van der Waals surface area (Å²) < 4.78 is 0. The van der Waals surface area contributed by atoms with E-state index in [1.807, 2.05) is 0 Å². The van der Waals surface area contributed by atoms with Gasteiger partial charge in [0.2, 0.25) is 0 Å². The van der Waals surface area contributed by atoms with Crippen molar-refractivity contribution in [2.75, 3.05) is 13.1 Å². The van der Waals surface area contributed by atoms with Crippen LogP contribution in [0.3, 0.4) is 0 Å². The fourth-order valence-electron chi connectivity index (χ4n) is 3.45. The SMILES string of the molecule is CCC1CN(Cc2cccc(C)c2)C(CC)(CC)CN1. The van der Waals surface area contributed by atoms with Crippen molar-refractivity contribution in [3.05, 3.63) is 35.4 Å². The van der Waals surface area contributed by atoms with E-state index >= 15 is 0 Å². The summed E-state index contributed by atoms with van der Waals surface area (Å²) in [4.78, 5) is 2.73. The van der Waals surface area contributed by atoms with Crippen molar-refractivity contribution in [2.45, 2.75) is 65.1 Å². The molecular formula is C18H30N2. The van der Waals surface area contributed by atoms with Crippen LogP contribution in [-0.4, -0.2) is 29.6 Å².